The lowest BCUT2D eigenvalue weighted by Gasteiger charge is -2.24. The van der Waals surface area contributed by atoms with Crippen LogP contribution in [0, 0.1) is 5.82 Å². The Balaban J connectivity index is 2.51. The molecule has 0 aromatic heterocycles. The van der Waals surface area contributed by atoms with Crippen LogP contribution in [0.2, 0.25) is 0 Å². The van der Waals surface area contributed by atoms with Crippen molar-refractivity contribution in [1.82, 2.24) is 0 Å². The molecule has 0 N–H and O–H groups in total. The number of rotatable bonds is 6. The molecule has 2 aromatic carbocycles. The summed E-state index contributed by atoms with van der Waals surface area (Å²) < 4.78 is 49.7. The summed E-state index contributed by atoms with van der Waals surface area (Å²) >= 11 is 0. The van der Waals surface area contributed by atoms with E-state index < -0.39 is 15.8 Å². The normalized spacial score (nSPS) is 11.1. The molecule has 0 unspecified atom stereocenters. The maximum atomic E-state index is 13.9. The second-order valence-corrected chi connectivity index (χ2v) is 6.81. The maximum Gasteiger partial charge on any atom is 0.232 e. The molecule has 7 heteroatoms. The van der Waals surface area contributed by atoms with E-state index in [1.807, 2.05) is 0 Å². The Morgan fingerprint density at radius 3 is 2.35 bits per heavy atom. The van der Waals surface area contributed by atoms with Crippen LogP contribution in [0.3, 0.4) is 0 Å². The fourth-order valence-corrected chi connectivity index (χ4v) is 3.04. The minimum absolute atomic E-state index is 0.131. The molecule has 5 nitrogen and oxygen atoms in total. The number of hydrogen-bond donors (Lipinski definition) is 0. The van der Waals surface area contributed by atoms with Crippen LogP contribution in [-0.4, -0.2) is 28.9 Å². The number of hydrogen-bond acceptors (Lipinski definition) is 4. The highest BCUT2D eigenvalue weighted by Gasteiger charge is 2.23. The molecule has 0 atom stereocenters. The van der Waals surface area contributed by atoms with Crippen LogP contribution in [0.4, 0.5) is 10.1 Å². The van der Waals surface area contributed by atoms with Crippen molar-refractivity contribution in [1.29, 1.82) is 0 Å². The standard InChI is InChI=1S/C16H18FNO4S/c1-21-13-8-9-15(16(10-13)22-2)18(23(3,19)20)11-12-6-4-5-7-14(12)17/h4-10H,11H2,1-3H3. The Labute approximate surface area is 135 Å². The molecule has 23 heavy (non-hydrogen) atoms. The van der Waals surface area contributed by atoms with Crippen LogP contribution >= 0.6 is 0 Å². The van der Waals surface area contributed by atoms with Crippen LogP contribution in [0.5, 0.6) is 11.5 Å². The van der Waals surface area contributed by atoms with Gasteiger partial charge in [0.25, 0.3) is 0 Å². The van der Waals surface area contributed by atoms with Crippen molar-refractivity contribution in [3.63, 3.8) is 0 Å². The van der Waals surface area contributed by atoms with E-state index in [0.29, 0.717) is 17.2 Å². The van der Waals surface area contributed by atoms with E-state index in [-0.39, 0.29) is 12.1 Å². The maximum absolute atomic E-state index is 13.9. The predicted molar refractivity (Wildman–Crippen MR) is 87.0 cm³/mol. The third kappa shape index (κ3) is 3.92. The minimum atomic E-state index is -3.64. The van der Waals surface area contributed by atoms with E-state index in [2.05, 4.69) is 0 Å². The Morgan fingerprint density at radius 2 is 1.78 bits per heavy atom. The van der Waals surface area contributed by atoms with Crippen molar-refractivity contribution in [2.75, 3.05) is 24.8 Å². The van der Waals surface area contributed by atoms with E-state index in [9.17, 15) is 12.8 Å². The third-order valence-electron chi connectivity index (χ3n) is 3.33. The van der Waals surface area contributed by atoms with E-state index in [1.54, 1.807) is 36.4 Å². The summed E-state index contributed by atoms with van der Waals surface area (Å²) in [7, 11) is -0.705. The summed E-state index contributed by atoms with van der Waals surface area (Å²) in [5, 5.41) is 0. The molecular weight excluding hydrogens is 321 g/mol. The largest absolute Gasteiger partial charge is 0.497 e. The van der Waals surface area contributed by atoms with Crippen molar-refractivity contribution in [3.05, 3.63) is 53.8 Å². The smallest absolute Gasteiger partial charge is 0.232 e. The molecule has 0 radical (unpaired) electrons. The highest BCUT2D eigenvalue weighted by Crippen LogP contribution is 2.34. The quantitative estimate of drug-likeness (QED) is 0.812. The van der Waals surface area contributed by atoms with Crippen molar-refractivity contribution in [3.8, 4) is 11.5 Å². The van der Waals surface area contributed by atoms with Crippen LogP contribution in [0.1, 0.15) is 5.56 Å². The Morgan fingerprint density at radius 1 is 1.09 bits per heavy atom. The van der Waals surface area contributed by atoms with Gasteiger partial charge in [-0.25, -0.2) is 12.8 Å². The fourth-order valence-electron chi connectivity index (χ4n) is 2.15. The van der Waals surface area contributed by atoms with Gasteiger partial charge in [-0.1, -0.05) is 18.2 Å². The summed E-state index contributed by atoms with van der Waals surface area (Å²) in [6, 6.07) is 10.8. The Bertz CT molecular complexity index is 792. The molecule has 0 bridgehead atoms. The molecule has 2 rings (SSSR count). The van der Waals surface area contributed by atoms with Gasteiger partial charge < -0.3 is 9.47 Å². The van der Waals surface area contributed by atoms with Gasteiger partial charge in [-0.05, 0) is 18.2 Å². The van der Waals surface area contributed by atoms with Gasteiger partial charge in [-0.2, -0.15) is 0 Å². The number of anilines is 1. The van der Waals surface area contributed by atoms with Gasteiger partial charge in [0.1, 0.15) is 17.3 Å². The molecule has 0 saturated carbocycles. The van der Waals surface area contributed by atoms with Gasteiger partial charge in [-0.15, -0.1) is 0 Å². The highest BCUT2D eigenvalue weighted by atomic mass is 32.2. The van der Waals surface area contributed by atoms with Gasteiger partial charge in [0.05, 0.1) is 32.7 Å². The summed E-state index contributed by atoms with van der Waals surface area (Å²) in [6.45, 7) is -0.131. The van der Waals surface area contributed by atoms with Crippen LogP contribution in [0.15, 0.2) is 42.5 Å². The highest BCUT2D eigenvalue weighted by molar-refractivity contribution is 7.92. The Kier molecular flexibility index (Phi) is 5.10. The van der Waals surface area contributed by atoms with Gasteiger partial charge in [0.2, 0.25) is 10.0 Å². The number of ether oxygens (including phenoxy) is 2. The molecule has 0 amide bonds. The number of benzene rings is 2. The van der Waals surface area contributed by atoms with E-state index in [0.717, 1.165) is 10.6 Å². The minimum Gasteiger partial charge on any atom is -0.497 e. The van der Waals surface area contributed by atoms with E-state index in [4.69, 9.17) is 9.47 Å². The predicted octanol–water partition coefficient (Wildman–Crippen LogP) is 2.81. The molecule has 0 saturated heterocycles. The van der Waals surface area contributed by atoms with Crippen LogP contribution in [-0.2, 0) is 16.6 Å². The first-order valence-electron chi connectivity index (χ1n) is 6.80. The molecule has 0 aliphatic carbocycles. The lowest BCUT2D eigenvalue weighted by atomic mass is 10.2. The van der Waals surface area contributed by atoms with Gasteiger partial charge in [0, 0.05) is 11.6 Å². The van der Waals surface area contributed by atoms with Gasteiger partial charge in [-0.3, -0.25) is 4.31 Å². The van der Waals surface area contributed by atoms with Gasteiger partial charge >= 0.3 is 0 Å². The first-order valence-corrected chi connectivity index (χ1v) is 8.64. The fraction of sp³-hybridized carbons (Fsp3) is 0.250. The summed E-state index contributed by atoms with van der Waals surface area (Å²) in [6.07, 6.45) is 1.07. The monoisotopic (exact) mass is 339 g/mol. The number of methoxy groups -OCH3 is 2. The van der Waals surface area contributed by atoms with Crippen molar-refractivity contribution < 1.29 is 22.3 Å². The number of sulfonamides is 1. The van der Waals surface area contributed by atoms with Gasteiger partial charge in [0.15, 0.2) is 0 Å². The van der Waals surface area contributed by atoms with E-state index >= 15 is 0 Å². The summed E-state index contributed by atoms with van der Waals surface area (Å²) in [4.78, 5) is 0. The zero-order chi connectivity index (χ0) is 17.0. The molecule has 2 aromatic rings. The summed E-state index contributed by atoms with van der Waals surface area (Å²) in [5.74, 6) is 0.393. The molecule has 0 heterocycles. The zero-order valence-corrected chi connectivity index (χ0v) is 13.9. The average molecular weight is 339 g/mol. The molecule has 0 fully saturated rings. The third-order valence-corrected chi connectivity index (χ3v) is 4.45. The van der Waals surface area contributed by atoms with E-state index in [1.165, 1.54) is 20.3 Å². The molecular formula is C16H18FNO4S. The molecule has 0 aliphatic rings. The van der Waals surface area contributed by atoms with Crippen molar-refractivity contribution in [2.24, 2.45) is 0 Å². The van der Waals surface area contributed by atoms with Crippen molar-refractivity contribution in [2.45, 2.75) is 6.54 Å². The summed E-state index contributed by atoms with van der Waals surface area (Å²) in [5.41, 5.74) is 0.592. The lowest BCUT2D eigenvalue weighted by Crippen LogP contribution is -2.30. The Hall–Kier alpha value is -2.28. The SMILES string of the molecule is COc1ccc(N(Cc2ccccc2F)S(C)(=O)=O)c(OC)c1. The topological polar surface area (TPSA) is 55.8 Å². The molecule has 0 aliphatic heterocycles. The molecule has 124 valence electrons. The second kappa shape index (κ2) is 6.87. The number of halogens is 1. The first kappa shape index (κ1) is 17.1. The van der Waals surface area contributed by atoms with Crippen LogP contribution in [0.25, 0.3) is 0 Å². The lowest BCUT2D eigenvalue weighted by molar-refractivity contribution is 0.394. The average Bonchev–Trinajstić information content (AvgIpc) is 2.52. The second-order valence-electron chi connectivity index (χ2n) is 4.90. The first-order chi connectivity index (χ1) is 10.9. The number of nitrogens with zero attached hydrogens (tertiary/aromatic N) is 1. The molecule has 0 spiro atoms. The van der Waals surface area contributed by atoms with Crippen molar-refractivity contribution >= 4 is 15.7 Å². The van der Waals surface area contributed by atoms with Crippen LogP contribution < -0.4 is 13.8 Å². The zero-order valence-electron chi connectivity index (χ0n) is 13.1.